The number of aryl methyl sites for hydroxylation is 2. The van der Waals surface area contributed by atoms with E-state index in [1.165, 1.54) is 5.56 Å². The molecule has 0 bridgehead atoms. The molecule has 4 rings (SSSR count). The molecule has 0 radical (unpaired) electrons. The van der Waals surface area contributed by atoms with E-state index in [0.717, 1.165) is 63.4 Å². The van der Waals surface area contributed by atoms with Crippen LogP contribution >= 0.6 is 24.0 Å². The number of hydrogen-bond donors (Lipinski definition) is 2. The molecule has 8 nitrogen and oxygen atoms in total. The van der Waals surface area contributed by atoms with Crippen molar-refractivity contribution in [2.75, 3.05) is 26.7 Å². The van der Waals surface area contributed by atoms with Crippen molar-refractivity contribution in [1.82, 2.24) is 30.3 Å². The highest BCUT2D eigenvalue weighted by molar-refractivity contribution is 14.0. The molecule has 2 aliphatic heterocycles. The van der Waals surface area contributed by atoms with Crippen LogP contribution in [0.1, 0.15) is 48.9 Å². The van der Waals surface area contributed by atoms with E-state index in [2.05, 4.69) is 56.0 Å². The predicted octanol–water partition coefficient (Wildman–Crippen LogP) is 2.69. The third kappa shape index (κ3) is 6.20. The number of carbonyl (C=O) groups excluding carboxylic acids is 1. The number of nitrogens with zero attached hydrogens (tertiary/aromatic N) is 5. The van der Waals surface area contributed by atoms with Crippen molar-refractivity contribution in [2.24, 2.45) is 10.9 Å². The van der Waals surface area contributed by atoms with Crippen LogP contribution < -0.4 is 10.6 Å². The third-order valence-corrected chi connectivity index (χ3v) is 6.26. The normalized spacial score (nSPS) is 19.1. The smallest absolute Gasteiger partial charge is 0.241 e. The summed E-state index contributed by atoms with van der Waals surface area (Å²) >= 11 is 0. The number of aliphatic imine (C=N–C) groups is 1. The molecule has 3 heterocycles. The molecule has 9 heteroatoms. The number of guanidine groups is 1. The van der Waals surface area contributed by atoms with Crippen molar-refractivity contribution in [3.05, 3.63) is 47.5 Å². The average Bonchev–Trinajstić information content (AvgIpc) is 3.18. The quantitative estimate of drug-likeness (QED) is 0.339. The first-order chi connectivity index (χ1) is 15.1. The SMILES string of the molecule is CN=C(NCC(=O)N1CCC(Cc2ccccc2)CC1)NC1CCCn2nc(C)nc21.I. The molecular weight excluding hydrogens is 517 g/mol. The molecule has 1 aromatic carbocycles. The fourth-order valence-electron chi connectivity index (χ4n) is 4.57. The molecule has 174 valence electrons. The Bertz CT molecular complexity index is 906. The summed E-state index contributed by atoms with van der Waals surface area (Å²) in [5.74, 6) is 3.15. The second-order valence-corrected chi connectivity index (χ2v) is 8.52. The van der Waals surface area contributed by atoms with Gasteiger partial charge in [-0.15, -0.1) is 24.0 Å². The van der Waals surface area contributed by atoms with Gasteiger partial charge in [0.2, 0.25) is 5.91 Å². The number of aromatic nitrogens is 3. The molecule has 1 unspecified atom stereocenters. The Labute approximate surface area is 207 Å². The summed E-state index contributed by atoms with van der Waals surface area (Å²) in [5, 5.41) is 11.1. The predicted molar refractivity (Wildman–Crippen MR) is 136 cm³/mol. The van der Waals surface area contributed by atoms with Gasteiger partial charge in [0.05, 0.1) is 12.6 Å². The Morgan fingerprint density at radius 2 is 1.91 bits per heavy atom. The summed E-state index contributed by atoms with van der Waals surface area (Å²) in [6.45, 7) is 4.72. The molecule has 2 aromatic rings. The van der Waals surface area contributed by atoms with Crippen LogP contribution in [0.5, 0.6) is 0 Å². The van der Waals surface area contributed by atoms with Gasteiger partial charge in [0, 0.05) is 26.7 Å². The Hall–Kier alpha value is -2.17. The van der Waals surface area contributed by atoms with E-state index in [0.29, 0.717) is 11.9 Å². The maximum Gasteiger partial charge on any atom is 0.241 e. The molecule has 1 aromatic heterocycles. The lowest BCUT2D eigenvalue weighted by Gasteiger charge is -2.32. The van der Waals surface area contributed by atoms with Crippen molar-refractivity contribution < 1.29 is 4.79 Å². The van der Waals surface area contributed by atoms with E-state index in [-0.39, 0.29) is 42.5 Å². The first-order valence-corrected chi connectivity index (χ1v) is 11.3. The molecule has 1 fully saturated rings. The van der Waals surface area contributed by atoms with Crippen LogP contribution in [0.2, 0.25) is 0 Å². The van der Waals surface area contributed by atoms with Crippen LogP contribution in [0.4, 0.5) is 0 Å². The number of hydrogen-bond acceptors (Lipinski definition) is 4. The number of halogens is 1. The van der Waals surface area contributed by atoms with Crippen molar-refractivity contribution in [3.63, 3.8) is 0 Å². The highest BCUT2D eigenvalue weighted by Crippen LogP contribution is 2.23. The van der Waals surface area contributed by atoms with Gasteiger partial charge >= 0.3 is 0 Å². The summed E-state index contributed by atoms with van der Waals surface area (Å²) in [4.78, 5) is 23.6. The third-order valence-electron chi connectivity index (χ3n) is 6.26. The number of rotatable bonds is 5. The molecule has 0 spiro atoms. The molecule has 32 heavy (non-hydrogen) atoms. The number of likely N-dealkylation sites (tertiary alicyclic amines) is 1. The van der Waals surface area contributed by atoms with Crippen LogP contribution in [0, 0.1) is 12.8 Å². The summed E-state index contributed by atoms with van der Waals surface area (Å²) in [6, 6.07) is 10.7. The molecule has 2 aliphatic rings. The Morgan fingerprint density at radius 3 is 2.62 bits per heavy atom. The number of piperidine rings is 1. The minimum Gasteiger partial charge on any atom is -0.347 e. The highest BCUT2D eigenvalue weighted by Gasteiger charge is 2.26. The summed E-state index contributed by atoms with van der Waals surface area (Å²) < 4.78 is 1.97. The Balaban J connectivity index is 0.00000289. The lowest BCUT2D eigenvalue weighted by molar-refractivity contribution is -0.131. The molecule has 0 aliphatic carbocycles. The van der Waals surface area contributed by atoms with Crippen molar-refractivity contribution in [2.45, 2.75) is 51.6 Å². The maximum atomic E-state index is 12.7. The minimum atomic E-state index is 0. The summed E-state index contributed by atoms with van der Waals surface area (Å²) in [6.07, 6.45) is 5.24. The van der Waals surface area contributed by atoms with E-state index in [4.69, 9.17) is 0 Å². The van der Waals surface area contributed by atoms with E-state index >= 15 is 0 Å². The zero-order valence-electron chi connectivity index (χ0n) is 19.0. The van der Waals surface area contributed by atoms with Gasteiger partial charge in [-0.3, -0.25) is 9.79 Å². The van der Waals surface area contributed by atoms with E-state index in [9.17, 15) is 4.79 Å². The van der Waals surface area contributed by atoms with Gasteiger partial charge in [0.25, 0.3) is 0 Å². The van der Waals surface area contributed by atoms with Gasteiger partial charge in [-0.2, -0.15) is 5.10 Å². The lowest BCUT2D eigenvalue weighted by Crippen LogP contribution is -2.48. The number of amides is 1. The number of benzene rings is 1. The van der Waals surface area contributed by atoms with Crippen LogP contribution in [0.25, 0.3) is 0 Å². The minimum absolute atomic E-state index is 0. The van der Waals surface area contributed by atoms with E-state index in [1.54, 1.807) is 7.05 Å². The maximum absolute atomic E-state index is 12.7. The first-order valence-electron chi connectivity index (χ1n) is 11.3. The second-order valence-electron chi connectivity index (χ2n) is 8.52. The fraction of sp³-hybridized carbons (Fsp3) is 0.565. The lowest BCUT2D eigenvalue weighted by atomic mass is 9.90. The number of nitrogens with one attached hydrogen (secondary N) is 2. The van der Waals surface area contributed by atoms with Crippen molar-refractivity contribution >= 4 is 35.8 Å². The summed E-state index contributed by atoms with van der Waals surface area (Å²) in [5.41, 5.74) is 1.39. The van der Waals surface area contributed by atoms with Gasteiger partial charge in [-0.25, -0.2) is 9.67 Å². The summed E-state index contributed by atoms with van der Waals surface area (Å²) in [7, 11) is 1.73. The number of carbonyl (C=O) groups is 1. The largest absolute Gasteiger partial charge is 0.347 e. The fourth-order valence-corrected chi connectivity index (χ4v) is 4.57. The molecule has 0 saturated carbocycles. The zero-order chi connectivity index (χ0) is 21.6. The Kier molecular flexibility index (Phi) is 8.89. The molecule has 1 atom stereocenters. The number of fused-ring (bicyclic) bond motifs is 1. The average molecular weight is 551 g/mol. The van der Waals surface area contributed by atoms with E-state index in [1.807, 2.05) is 16.5 Å². The second kappa shape index (κ2) is 11.6. The van der Waals surface area contributed by atoms with Gasteiger partial charge in [-0.05, 0) is 50.5 Å². The standard InChI is InChI=1S/C23H33N7O.HI/c1-17-26-22-20(9-6-12-30(22)28-17)27-23(24-2)25-16-21(31)29-13-10-19(11-14-29)15-18-7-4-3-5-8-18;/h3-5,7-8,19-20H,6,9-16H2,1-2H3,(H2,24,25,27);1H. The highest BCUT2D eigenvalue weighted by atomic mass is 127. The van der Waals surface area contributed by atoms with Gasteiger partial charge in [-0.1, -0.05) is 30.3 Å². The van der Waals surface area contributed by atoms with Crippen LogP contribution in [0.3, 0.4) is 0 Å². The Morgan fingerprint density at radius 1 is 1.16 bits per heavy atom. The van der Waals surface area contributed by atoms with Crippen molar-refractivity contribution in [1.29, 1.82) is 0 Å². The van der Waals surface area contributed by atoms with Gasteiger partial charge in [0.1, 0.15) is 11.6 Å². The van der Waals surface area contributed by atoms with Crippen LogP contribution in [0.15, 0.2) is 35.3 Å². The van der Waals surface area contributed by atoms with Gasteiger partial charge in [0.15, 0.2) is 5.96 Å². The monoisotopic (exact) mass is 551 g/mol. The first kappa shape index (κ1) is 24.5. The molecule has 2 N–H and O–H groups in total. The van der Waals surface area contributed by atoms with Crippen molar-refractivity contribution in [3.8, 4) is 0 Å². The zero-order valence-corrected chi connectivity index (χ0v) is 21.3. The topological polar surface area (TPSA) is 87.4 Å². The molecular formula is C23H34IN7O. The van der Waals surface area contributed by atoms with Crippen LogP contribution in [-0.2, 0) is 17.8 Å². The molecule has 1 amide bonds. The van der Waals surface area contributed by atoms with Gasteiger partial charge < -0.3 is 15.5 Å². The van der Waals surface area contributed by atoms with E-state index < -0.39 is 0 Å². The van der Waals surface area contributed by atoms with Crippen LogP contribution in [-0.4, -0.2) is 58.2 Å². The molecule has 1 saturated heterocycles.